The number of amides is 15. The van der Waals surface area contributed by atoms with Gasteiger partial charge in [0.1, 0.15) is 85.1 Å². The summed E-state index contributed by atoms with van der Waals surface area (Å²) in [7, 11) is 4.62. The Morgan fingerprint density at radius 3 is 1.69 bits per heavy atom. The van der Waals surface area contributed by atoms with Gasteiger partial charge in [-0.25, -0.2) is 9.97 Å². The molecule has 15 amide bonds. The average molecular weight is 1950 g/mol. The topological polar surface area (TPSA) is 650 Å². The van der Waals surface area contributed by atoms with Crippen molar-refractivity contribution < 1.29 is 86.5 Å². The van der Waals surface area contributed by atoms with E-state index in [9.17, 15) is 43.5 Å². The molecule has 7 aromatic rings. The molecule has 0 spiro atoms. The van der Waals surface area contributed by atoms with Gasteiger partial charge in [-0.15, -0.1) is 11.8 Å². The fourth-order valence-corrected chi connectivity index (χ4v) is 18.5. The van der Waals surface area contributed by atoms with E-state index in [4.69, 9.17) is 32.1 Å². The molecule has 44 nitrogen and oxygen atoms in total. The number of benzene rings is 3. The van der Waals surface area contributed by atoms with Crippen LogP contribution in [-0.2, 0) is 113 Å². The van der Waals surface area contributed by atoms with Crippen LogP contribution in [-0.4, -0.2) is 317 Å². The van der Waals surface area contributed by atoms with Gasteiger partial charge in [0.25, 0.3) is 0 Å². The van der Waals surface area contributed by atoms with Crippen molar-refractivity contribution >= 4 is 128 Å². The highest BCUT2D eigenvalue weighted by molar-refractivity contribution is 8.00. The van der Waals surface area contributed by atoms with Crippen molar-refractivity contribution in [2.24, 2.45) is 23.1 Å². The fraction of sp³-hybridized carbons (Fsp3) is 0.532. The molecule has 4 aliphatic rings. The summed E-state index contributed by atoms with van der Waals surface area (Å²) in [6.07, 6.45) is 7.44. The number of imidazole rings is 2. The monoisotopic (exact) mass is 1940 g/mol. The number of H-pyrrole nitrogens is 4. The van der Waals surface area contributed by atoms with Gasteiger partial charge in [0.15, 0.2) is 5.96 Å². The summed E-state index contributed by atoms with van der Waals surface area (Å²) < 4.78 is 12.9. The Balaban J connectivity index is 0.933. The summed E-state index contributed by atoms with van der Waals surface area (Å²) in [6, 6.07) is 4.59. The molecule has 45 heteroatoms. The number of epoxide rings is 2. The van der Waals surface area contributed by atoms with E-state index < -0.39 is 217 Å². The number of nitrogens with zero attached hydrogens (tertiary/aromatic N) is 6. The summed E-state index contributed by atoms with van der Waals surface area (Å²) in [5, 5.41) is 54.5. The molecule has 0 bridgehead atoms. The number of nitrogens with one attached hydrogen (secondary N) is 17. The molecule has 139 heavy (non-hydrogen) atoms. The Bertz CT molecular complexity index is 5410. The summed E-state index contributed by atoms with van der Waals surface area (Å²) in [6.45, 7) is 7.52. The highest BCUT2D eigenvalue weighted by Crippen LogP contribution is 2.36. The maximum absolute atomic E-state index is 15.7. The number of carbonyl (C=O) groups is 15. The third-order valence-corrected chi connectivity index (χ3v) is 26.4. The first-order chi connectivity index (χ1) is 66.6. The molecular weight excluding hydrogens is 1810 g/mol. The Hall–Kier alpha value is -13.4. The predicted octanol–water partition coefficient (Wildman–Crippen LogP) is -1.75. The number of primary amides is 2. The molecule has 0 radical (unpaired) electrons. The number of hydrogen-bond donors (Lipinski definition) is 21. The molecule has 8 heterocycles. The van der Waals surface area contributed by atoms with Crippen LogP contribution in [0, 0.1) is 11.3 Å². The van der Waals surface area contributed by atoms with Gasteiger partial charge in [-0.05, 0) is 100 Å². The van der Waals surface area contributed by atoms with E-state index in [1.54, 1.807) is 79.8 Å². The van der Waals surface area contributed by atoms with Crippen LogP contribution in [0.5, 0.6) is 0 Å². The van der Waals surface area contributed by atoms with Gasteiger partial charge in [-0.1, -0.05) is 120 Å². The van der Waals surface area contributed by atoms with E-state index in [-0.39, 0.29) is 106 Å². The molecule has 11 rings (SSSR count). The van der Waals surface area contributed by atoms with Gasteiger partial charge in [0, 0.05) is 117 Å². The second kappa shape index (κ2) is 50.8. The largest absolute Gasteiger partial charge is 0.394 e. The minimum atomic E-state index is -1.87. The second-order valence-electron chi connectivity index (χ2n) is 36.2. The van der Waals surface area contributed by atoms with Crippen LogP contribution in [0.15, 0.2) is 116 Å². The SMILES string of the molecule is CCCCC1C(=O)NC(CC(C)C)C2OC2NC(C(=O)NCC(N)=O)CSCC(=O)NC(Cc2ccccc2)C(=O)N(C)C(C)C(=O)NC(CC(N)=O)C(=O)N2CCCC2C(=O)NC(Cc2cnc[nH]2)C(=O)NC(Cc2cnc[nH]2)C(=O)NC(CO)C(=O)NC(Cc2c[nH]c3ccccc23)C(=O)NC(CCCNC(=N)N)C(=O)NC(Cc2c[nH]c3ccccc23)C2OC2N(C)C(CCCC)C(=O)N1C. The predicted molar refractivity (Wildman–Crippen MR) is 514 cm³/mol. The number of carbonyl (C=O) groups excluding carboxylic acids is 15. The third-order valence-electron chi connectivity index (χ3n) is 25.4. The standard InChI is InChI=1S/C94H132N26O18S/c1-9-11-29-72-87(132)110-63(34-51(3)4)78-89(137-78)116-71(81(126)104-45-76(96)123)47-139-48-77(124)107-68(35-53-22-14-13-15-23-53)90(134)117(6)52(5)80(125)114-69(40-75(95)122)91(135)120-33-21-31-73(120)88(133)113-67(39-57-44-100-50-106-57)84(129)112-66(38-56-43-99-49-105-56)85(130)115-70(46-121)86(131)111-65(37-55-42-103-61-27-19-17-25-59(55)61)83(128)108-62(28-20-32-101-94(97)98)82(127)109-64(36-54-41-102-60-26-18-16-24-58(54)60)79-93(138-79)119(8)74(30-12-10-2)92(136)118(72)7/h13-19,22-27,41-44,49-52,62-74,78-79,89,93,102-103,116,121H,9-12,20-21,28-40,45-48H2,1-8H3,(H2,95,122)(H2,96,123)(H,99,105)(H,100,106)(H,104,126)(H,107,124)(H,108,128)(H,109,127)(H,110,132)(H,111,131)(H,112,129)(H,113,133)(H,114,125)(H,115,130)(H4,97,98,101). The number of aliphatic hydroxyl groups excluding tert-OH is 1. The lowest BCUT2D eigenvalue weighted by Crippen LogP contribution is -2.61. The lowest BCUT2D eigenvalue weighted by Gasteiger charge is -2.35. The Kier molecular flexibility index (Phi) is 38.8. The van der Waals surface area contributed by atoms with Gasteiger partial charge >= 0.3 is 0 Å². The lowest BCUT2D eigenvalue weighted by molar-refractivity contribution is -0.145. The second-order valence-corrected chi connectivity index (χ2v) is 37.3. The molecule has 0 aliphatic carbocycles. The van der Waals surface area contributed by atoms with Gasteiger partial charge in [0.2, 0.25) is 88.6 Å². The number of guanidine groups is 1. The van der Waals surface area contributed by atoms with Crippen molar-refractivity contribution in [2.45, 2.75) is 253 Å². The van der Waals surface area contributed by atoms with Gasteiger partial charge in [0.05, 0.1) is 62.1 Å². The van der Waals surface area contributed by atoms with Gasteiger partial charge in [-0.3, -0.25) is 87.5 Å². The number of para-hydroxylation sites is 2. The first-order valence-electron chi connectivity index (χ1n) is 47.2. The van der Waals surface area contributed by atoms with Crippen molar-refractivity contribution in [3.05, 3.63) is 144 Å². The third kappa shape index (κ3) is 29.8. The average Bonchev–Trinajstić information content (AvgIpc) is 1.61. The van der Waals surface area contributed by atoms with Crippen LogP contribution < -0.4 is 81.0 Å². The fourth-order valence-electron chi connectivity index (χ4n) is 17.6. The maximum Gasteiger partial charge on any atom is 0.246 e. The zero-order valence-corrected chi connectivity index (χ0v) is 80.2. The quantitative estimate of drug-likeness (QED) is 0.0112. The number of likely N-dealkylation sites (N-methyl/N-ethyl adjacent to an activating group) is 3. The number of rotatable bonds is 28. The number of nitrogens with two attached hydrogens (primary N) is 3. The van der Waals surface area contributed by atoms with E-state index in [2.05, 4.69) is 93.7 Å². The zero-order valence-electron chi connectivity index (χ0n) is 79.4. The molecule has 3 aromatic carbocycles. The van der Waals surface area contributed by atoms with E-state index in [1.807, 2.05) is 58.2 Å². The van der Waals surface area contributed by atoms with Crippen LogP contribution in [0.25, 0.3) is 21.8 Å². The molecule has 4 aliphatic heterocycles. The van der Waals surface area contributed by atoms with Gasteiger partial charge < -0.3 is 125 Å². The first-order valence-corrected chi connectivity index (χ1v) is 48.3. The molecule has 18 unspecified atom stereocenters. The molecule has 18 atom stereocenters. The summed E-state index contributed by atoms with van der Waals surface area (Å²) in [5.74, 6) is -13.4. The normalized spacial score (nSPS) is 26.3. The Morgan fingerprint density at radius 2 is 1.11 bits per heavy atom. The molecule has 4 aromatic heterocycles. The van der Waals surface area contributed by atoms with Crippen molar-refractivity contribution in [1.82, 2.24) is 113 Å². The molecule has 4 fully saturated rings. The molecule has 0 saturated carbocycles. The van der Waals surface area contributed by atoms with E-state index in [0.29, 0.717) is 66.2 Å². The Morgan fingerprint density at radius 1 is 0.554 bits per heavy atom. The molecular formula is C94H132N26O18S. The molecule has 4 saturated heterocycles. The number of hydrogen-bond acceptors (Lipinski definition) is 24. The van der Waals surface area contributed by atoms with E-state index in [1.165, 1.54) is 43.9 Å². The van der Waals surface area contributed by atoms with Crippen LogP contribution in [0.4, 0.5) is 0 Å². The number of fused-ring (bicyclic) bond motifs is 5. The number of aromatic amines is 4. The van der Waals surface area contributed by atoms with Crippen LogP contribution in [0.3, 0.4) is 0 Å². The maximum atomic E-state index is 15.7. The molecule has 752 valence electrons. The minimum Gasteiger partial charge on any atom is -0.394 e. The van der Waals surface area contributed by atoms with Crippen molar-refractivity contribution in [2.75, 3.05) is 58.9 Å². The number of aliphatic hydroxyl groups is 1. The number of thioether (sulfide) groups is 1. The number of unbranched alkanes of at least 4 members (excludes halogenated alkanes) is 2. The van der Waals surface area contributed by atoms with E-state index >= 15 is 33.6 Å². The zero-order chi connectivity index (χ0) is 100. The van der Waals surface area contributed by atoms with E-state index in [0.717, 1.165) is 38.0 Å². The highest BCUT2D eigenvalue weighted by atomic mass is 32.2. The smallest absolute Gasteiger partial charge is 0.246 e. The van der Waals surface area contributed by atoms with Crippen LogP contribution in [0.1, 0.15) is 140 Å². The number of aromatic nitrogens is 6. The summed E-state index contributed by atoms with van der Waals surface area (Å²) in [4.78, 5) is 246. The van der Waals surface area contributed by atoms with Crippen LogP contribution >= 0.6 is 11.8 Å². The first kappa shape index (κ1) is 106. The lowest BCUT2D eigenvalue weighted by atomic mass is 9.98. The van der Waals surface area contributed by atoms with Crippen molar-refractivity contribution in [3.8, 4) is 0 Å². The Labute approximate surface area is 808 Å². The highest BCUT2D eigenvalue weighted by Gasteiger charge is 2.53. The van der Waals surface area contributed by atoms with Crippen LogP contribution in [0.2, 0.25) is 0 Å². The summed E-state index contributed by atoms with van der Waals surface area (Å²) in [5.41, 5.74) is 21.0. The number of ether oxygens (including phenoxy) is 2. The minimum absolute atomic E-state index is 0.00441. The molecule has 24 N–H and O–H groups in total. The van der Waals surface area contributed by atoms with Crippen molar-refractivity contribution in [3.63, 3.8) is 0 Å². The summed E-state index contributed by atoms with van der Waals surface area (Å²) >= 11 is 0.985. The van der Waals surface area contributed by atoms with Crippen molar-refractivity contribution in [1.29, 1.82) is 5.41 Å². The van der Waals surface area contributed by atoms with Gasteiger partial charge in [-0.2, -0.15) is 0 Å².